The zero-order valence-electron chi connectivity index (χ0n) is 16.6. The summed E-state index contributed by atoms with van der Waals surface area (Å²) in [5.74, 6) is -0.769. The largest absolute Gasteiger partial charge is 0.347 e. The maximum atomic E-state index is 13.0. The lowest BCUT2D eigenvalue weighted by Crippen LogP contribution is -2.40. The fraction of sp³-hybridized carbons (Fsp3) is 0.333. The van der Waals surface area contributed by atoms with Crippen LogP contribution in [0.2, 0.25) is 0 Å². The molecule has 7 nitrogen and oxygen atoms in total. The predicted octanol–water partition coefficient (Wildman–Crippen LogP) is 3.16. The third-order valence-corrected chi connectivity index (χ3v) is 6.03. The highest BCUT2D eigenvalue weighted by Gasteiger charge is 2.21. The number of hydrogen-bond acceptors (Lipinski definition) is 5. The van der Waals surface area contributed by atoms with E-state index >= 15 is 0 Å². The number of nitrogens with one attached hydrogen (secondary N) is 1. The minimum absolute atomic E-state index is 0.196. The van der Waals surface area contributed by atoms with Gasteiger partial charge in [0.05, 0.1) is 6.07 Å². The molecule has 0 spiro atoms. The van der Waals surface area contributed by atoms with Crippen LogP contribution in [0.5, 0.6) is 0 Å². The van der Waals surface area contributed by atoms with Gasteiger partial charge in [-0.3, -0.25) is 14.0 Å². The molecule has 30 heavy (non-hydrogen) atoms. The normalized spacial score (nSPS) is 11.9. The van der Waals surface area contributed by atoms with Crippen molar-refractivity contribution < 1.29 is 9.18 Å². The molecule has 9 heteroatoms. The minimum Gasteiger partial charge on any atom is -0.347 e. The van der Waals surface area contributed by atoms with E-state index < -0.39 is 23.2 Å². The van der Waals surface area contributed by atoms with Crippen molar-refractivity contribution in [3.8, 4) is 6.07 Å². The van der Waals surface area contributed by atoms with Crippen molar-refractivity contribution in [2.75, 3.05) is 0 Å². The van der Waals surface area contributed by atoms with E-state index in [2.05, 4.69) is 5.32 Å². The number of rotatable bonds is 7. The van der Waals surface area contributed by atoms with Crippen molar-refractivity contribution >= 4 is 22.1 Å². The van der Waals surface area contributed by atoms with E-state index in [0.29, 0.717) is 23.2 Å². The SMILES string of the molecule is CCCC[C@@H](C#N)n1c(=O)c(C)c2sc(C(=O)NCc3ccc(F)cc3)cn2c1=O. The van der Waals surface area contributed by atoms with Gasteiger partial charge in [-0.1, -0.05) is 31.9 Å². The average Bonchev–Trinajstić information content (AvgIpc) is 3.20. The zero-order chi connectivity index (χ0) is 21.8. The highest BCUT2D eigenvalue weighted by atomic mass is 32.1. The number of amides is 1. The van der Waals surface area contributed by atoms with Gasteiger partial charge in [0.15, 0.2) is 0 Å². The molecule has 1 N–H and O–H groups in total. The second kappa shape index (κ2) is 9.05. The number of aromatic nitrogens is 2. The maximum Gasteiger partial charge on any atom is 0.337 e. The Morgan fingerprint density at radius 3 is 2.63 bits per heavy atom. The van der Waals surface area contributed by atoms with Gasteiger partial charge in [0, 0.05) is 18.3 Å². The quantitative estimate of drug-likeness (QED) is 0.625. The van der Waals surface area contributed by atoms with Gasteiger partial charge in [0.2, 0.25) is 0 Å². The molecule has 3 aromatic rings. The van der Waals surface area contributed by atoms with Gasteiger partial charge in [-0.15, -0.1) is 11.3 Å². The number of fused-ring (bicyclic) bond motifs is 1. The van der Waals surface area contributed by atoms with Crippen LogP contribution in [0.3, 0.4) is 0 Å². The van der Waals surface area contributed by atoms with Crippen LogP contribution in [0, 0.1) is 24.1 Å². The number of thiazole rings is 1. The number of nitrogens with zero attached hydrogens (tertiary/aromatic N) is 3. The molecule has 0 fully saturated rings. The monoisotopic (exact) mass is 428 g/mol. The molecular formula is C21H21FN4O3S. The number of nitriles is 1. The van der Waals surface area contributed by atoms with Crippen molar-refractivity contribution in [1.82, 2.24) is 14.3 Å². The molecule has 0 saturated carbocycles. The Hall–Kier alpha value is -3.25. The number of carbonyl (C=O) groups is 1. The van der Waals surface area contributed by atoms with Crippen LogP contribution in [0.1, 0.15) is 53.0 Å². The van der Waals surface area contributed by atoms with E-state index in [0.717, 1.165) is 27.9 Å². The Kier molecular flexibility index (Phi) is 6.47. The molecule has 2 heterocycles. The Labute approximate surface area is 176 Å². The van der Waals surface area contributed by atoms with Crippen LogP contribution in [0.25, 0.3) is 4.83 Å². The van der Waals surface area contributed by atoms with Crippen molar-refractivity contribution in [1.29, 1.82) is 5.26 Å². The number of unbranched alkanes of at least 4 members (excludes halogenated alkanes) is 1. The Bertz CT molecular complexity index is 1230. The first kappa shape index (κ1) is 21.5. The second-order valence-electron chi connectivity index (χ2n) is 6.95. The van der Waals surface area contributed by atoms with Crippen LogP contribution in [0.4, 0.5) is 4.39 Å². The average molecular weight is 428 g/mol. The number of carbonyl (C=O) groups excluding carboxylic acids is 1. The van der Waals surface area contributed by atoms with Crippen molar-refractivity contribution in [2.45, 2.75) is 45.7 Å². The van der Waals surface area contributed by atoms with Crippen LogP contribution in [-0.2, 0) is 6.54 Å². The number of benzene rings is 1. The minimum atomic E-state index is -0.851. The fourth-order valence-electron chi connectivity index (χ4n) is 3.13. The number of aryl methyl sites for hydroxylation is 1. The highest BCUT2D eigenvalue weighted by Crippen LogP contribution is 2.19. The molecular weight excluding hydrogens is 407 g/mol. The first-order valence-corrected chi connectivity index (χ1v) is 10.4. The summed E-state index contributed by atoms with van der Waals surface area (Å²) in [5.41, 5.74) is -0.0968. The lowest BCUT2D eigenvalue weighted by molar-refractivity contribution is 0.0954. The second-order valence-corrected chi connectivity index (χ2v) is 7.98. The predicted molar refractivity (Wildman–Crippen MR) is 112 cm³/mol. The lowest BCUT2D eigenvalue weighted by Gasteiger charge is -2.12. The van der Waals surface area contributed by atoms with Gasteiger partial charge in [0.1, 0.15) is 21.6 Å². The molecule has 0 bridgehead atoms. The van der Waals surface area contributed by atoms with Crippen molar-refractivity contribution in [3.05, 3.63) is 73.1 Å². The van der Waals surface area contributed by atoms with Crippen molar-refractivity contribution in [3.63, 3.8) is 0 Å². The molecule has 0 unspecified atom stereocenters. The van der Waals surface area contributed by atoms with Crippen LogP contribution in [0.15, 0.2) is 40.1 Å². The molecule has 1 amide bonds. The Balaban J connectivity index is 1.94. The molecule has 0 aliphatic carbocycles. The van der Waals surface area contributed by atoms with E-state index in [1.165, 1.54) is 22.7 Å². The molecule has 2 aromatic heterocycles. The van der Waals surface area contributed by atoms with Crippen LogP contribution in [-0.4, -0.2) is 14.9 Å². The summed E-state index contributed by atoms with van der Waals surface area (Å²) in [5, 5.41) is 12.2. The molecule has 1 aromatic carbocycles. The number of halogens is 1. The van der Waals surface area contributed by atoms with Gasteiger partial charge < -0.3 is 5.32 Å². The van der Waals surface area contributed by atoms with Gasteiger partial charge in [-0.05, 0) is 31.0 Å². The lowest BCUT2D eigenvalue weighted by atomic mass is 10.1. The third-order valence-electron chi connectivity index (χ3n) is 4.83. The molecule has 0 saturated heterocycles. The zero-order valence-corrected chi connectivity index (χ0v) is 17.5. The van der Waals surface area contributed by atoms with E-state index in [4.69, 9.17) is 0 Å². The standard InChI is InChI=1S/C21H21FN4O3S/c1-3-4-5-16(10-23)26-19(28)13(2)20-25(21(26)29)12-17(30-20)18(27)24-11-14-6-8-15(22)9-7-14/h6-9,12,16H,3-5,11H2,1-2H3,(H,24,27)/t16-/m0/s1. The third kappa shape index (κ3) is 4.19. The summed E-state index contributed by atoms with van der Waals surface area (Å²) in [6.07, 6.45) is 3.35. The molecule has 156 valence electrons. The van der Waals surface area contributed by atoms with Gasteiger partial charge in [-0.2, -0.15) is 5.26 Å². The number of hydrogen-bond donors (Lipinski definition) is 1. The summed E-state index contributed by atoms with van der Waals surface area (Å²) in [6, 6.07) is 6.95. The van der Waals surface area contributed by atoms with E-state index in [1.54, 1.807) is 19.1 Å². The Morgan fingerprint density at radius 2 is 2.00 bits per heavy atom. The molecule has 3 rings (SSSR count). The summed E-state index contributed by atoms with van der Waals surface area (Å²) < 4.78 is 15.2. The maximum absolute atomic E-state index is 13.0. The summed E-state index contributed by atoms with van der Waals surface area (Å²) in [6.45, 7) is 3.74. The topological polar surface area (TPSA) is 96.4 Å². The summed E-state index contributed by atoms with van der Waals surface area (Å²) in [7, 11) is 0. The molecule has 0 aliphatic rings. The Morgan fingerprint density at radius 1 is 1.30 bits per heavy atom. The van der Waals surface area contributed by atoms with E-state index in [1.807, 2.05) is 13.0 Å². The molecule has 0 radical (unpaired) electrons. The molecule has 0 aliphatic heterocycles. The van der Waals surface area contributed by atoms with Crippen molar-refractivity contribution in [2.24, 2.45) is 0 Å². The van der Waals surface area contributed by atoms with Gasteiger partial charge in [-0.25, -0.2) is 13.8 Å². The first-order chi connectivity index (χ1) is 14.4. The molecule has 1 atom stereocenters. The van der Waals surface area contributed by atoms with E-state index in [-0.39, 0.29) is 17.2 Å². The smallest absolute Gasteiger partial charge is 0.337 e. The summed E-state index contributed by atoms with van der Waals surface area (Å²) in [4.78, 5) is 38.9. The van der Waals surface area contributed by atoms with Crippen LogP contribution < -0.4 is 16.6 Å². The van der Waals surface area contributed by atoms with E-state index in [9.17, 15) is 24.0 Å². The van der Waals surface area contributed by atoms with Gasteiger partial charge >= 0.3 is 5.69 Å². The summed E-state index contributed by atoms with van der Waals surface area (Å²) >= 11 is 1.04. The van der Waals surface area contributed by atoms with Crippen LogP contribution >= 0.6 is 11.3 Å². The highest BCUT2D eigenvalue weighted by molar-refractivity contribution is 7.19. The van der Waals surface area contributed by atoms with Gasteiger partial charge in [0.25, 0.3) is 11.5 Å². The first-order valence-electron chi connectivity index (χ1n) is 9.57. The fourth-order valence-corrected chi connectivity index (χ4v) is 4.13.